The maximum absolute atomic E-state index is 14.0. The number of hydrogen-bond donors (Lipinski definition) is 0. The summed E-state index contributed by atoms with van der Waals surface area (Å²) in [5, 5.41) is 0. The van der Waals surface area contributed by atoms with Gasteiger partial charge in [-0.05, 0) is 35.8 Å². The summed E-state index contributed by atoms with van der Waals surface area (Å²) in [6.07, 6.45) is 6.44. The Morgan fingerprint density at radius 3 is 1.88 bits per heavy atom. The van der Waals surface area contributed by atoms with Gasteiger partial charge in [0.25, 0.3) is 0 Å². The zero-order chi connectivity index (χ0) is 22.6. The van der Waals surface area contributed by atoms with Crippen molar-refractivity contribution in [1.29, 1.82) is 0 Å². The highest BCUT2D eigenvalue weighted by atomic mass is 16.1. The quantitative estimate of drug-likeness (QED) is 0.390. The Kier molecular flexibility index (Phi) is 6.73. The molecule has 1 aliphatic carbocycles. The third-order valence-corrected chi connectivity index (χ3v) is 8.03. The smallest absolute Gasteiger partial charge is 0.167 e. The highest BCUT2D eigenvalue weighted by Crippen LogP contribution is 2.49. The third kappa shape index (κ3) is 4.54. The van der Waals surface area contributed by atoms with E-state index in [0.717, 1.165) is 12.1 Å². The molecule has 3 aromatic carbocycles. The second-order valence-corrected chi connectivity index (χ2v) is 9.98. The molecule has 0 bridgehead atoms. The lowest BCUT2D eigenvalue weighted by Gasteiger charge is -2.52. The maximum atomic E-state index is 14.0. The molecular weight excluding hydrogens is 402 g/mol. The van der Waals surface area contributed by atoms with E-state index in [1.54, 1.807) is 0 Å². The fourth-order valence-corrected chi connectivity index (χ4v) is 6.53. The van der Waals surface area contributed by atoms with Crippen LogP contribution in [-0.2, 0) is 0 Å². The molecule has 0 spiro atoms. The predicted octanol–water partition coefficient (Wildman–Crippen LogP) is 7.30. The summed E-state index contributed by atoms with van der Waals surface area (Å²) in [6, 6.07) is 32.6. The van der Waals surface area contributed by atoms with Crippen molar-refractivity contribution in [2.75, 3.05) is 6.54 Å². The van der Waals surface area contributed by atoms with Crippen LogP contribution in [0.4, 0.5) is 0 Å². The van der Waals surface area contributed by atoms with E-state index in [0.29, 0.717) is 23.8 Å². The van der Waals surface area contributed by atoms with Gasteiger partial charge in [-0.1, -0.05) is 117 Å². The van der Waals surface area contributed by atoms with Crippen LogP contribution in [0.2, 0.25) is 0 Å². The van der Waals surface area contributed by atoms with Crippen molar-refractivity contribution >= 4 is 5.78 Å². The van der Waals surface area contributed by atoms with Gasteiger partial charge in [0, 0.05) is 30.1 Å². The van der Waals surface area contributed by atoms with Gasteiger partial charge < -0.3 is 0 Å². The summed E-state index contributed by atoms with van der Waals surface area (Å²) in [5.41, 5.74) is 3.53. The number of benzene rings is 3. The lowest BCUT2D eigenvalue weighted by atomic mass is 9.66. The molecule has 0 unspecified atom stereocenters. The molecule has 2 nitrogen and oxygen atoms in total. The molecule has 1 saturated heterocycles. The summed E-state index contributed by atoms with van der Waals surface area (Å²) >= 11 is 0. The lowest BCUT2D eigenvalue weighted by Crippen LogP contribution is -2.53. The van der Waals surface area contributed by atoms with E-state index >= 15 is 0 Å². The van der Waals surface area contributed by atoms with Gasteiger partial charge in [0.05, 0.1) is 0 Å². The van der Waals surface area contributed by atoms with E-state index in [1.807, 2.05) is 30.3 Å². The number of piperidine rings is 1. The number of rotatable bonds is 5. The molecule has 170 valence electrons. The zero-order valence-corrected chi connectivity index (χ0v) is 19.6. The molecule has 0 N–H and O–H groups in total. The Hall–Kier alpha value is -2.71. The molecule has 3 aromatic rings. The van der Waals surface area contributed by atoms with Crippen molar-refractivity contribution in [1.82, 2.24) is 4.90 Å². The molecule has 33 heavy (non-hydrogen) atoms. The number of nitrogens with zero attached hydrogens (tertiary/aromatic N) is 1. The molecule has 2 aliphatic rings. The van der Waals surface area contributed by atoms with Crippen LogP contribution in [0.5, 0.6) is 0 Å². The van der Waals surface area contributed by atoms with E-state index in [4.69, 9.17) is 0 Å². The normalized spacial score (nSPS) is 26.7. The zero-order valence-electron chi connectivity index (χ0n) is 19.6. The van der Waals surface area contributed by atoms with Gasteiger partial charge in [0.1, 0.15) is 0 Å². The number of likely N-dealkylation sites (tertiary alicyclic amines) is 1. The number of Topliss-reactive ketones (excluding diaryl/α,β-unsaturated/α-hetero) is 1. The lowest BCUT2D eigenvalue weighted by molar-refractivity contribution is 0.000184. The Labute approximate surface area is 198 Å². The largest absolute Gasteiger partial charge is 0.294 e. The number of ketones is 1. The highest BCUT2D eigenvalue weighted by Gasteiger charge is 2.47. The van der Waals surface area contributed by atoms with Crippen LogP contribution in [0.15, 0.2) is 91.0 Å². The van der Waals surface area contributed by atoms with E-state index in [1.165, 1.54) is 43.2 Å². The SMILES string of the molecule is C[C@@H]1[C@H](c2ccccc2)[C@H](C(=O)c2ccccc2)CN(C2CCCCC2)[C@H]1c1ccccc1. The van der Waals surface area contributed by atoms with Crippen molar-refractivity contribution in [2.45, 2.75) is 57.0 Å². The van der Waals surface area contributed by atoms with Crippen LogP contribution in [0.25, 0.3) is 0 Å². The minimum absolute atomic E-state index is 0.0355. The van der Waals surface area contributed by atoms with Crippen LogP contribution in [0.1, 0.15) is 72.5 Å². The van der Waals surface area contributed by atoms with Crippen LogP contribution in [0.3, 0.4) is 0 Å². The summed E-state index contributed by atoms with van der Waals surface area (Å²) in [7, 11) is 0. The molecule has 4 atom stereocenters. The molecule has 1 heterocycles. The predicted molar refractivity (Wildman–Crippen MR) is 135 cm³/mol. The van der Waals surface area contributed by atoms with Crippen molar-refractivity contribution in [3.63, 3.8) is 0 Å². The monoisotopic (exact) mass is 437 g/mol. The first-order valence-electron chi connectivity index (χ1n) is 12.7. The summed E-state index contributed by atoms with van der Waals surface area (Å²) in [6.45, 7) is 3.22. The second-order valence-electron chi connectivity index (χ2n) is 9.98. The molecule has 5 rings (SSSR count). The van der Waals surface area contributed by atoms with Crippen LogP contribution >= 0.6 is 0 Å². The second kappa shape index (κ2) is 10.1. The topological polar surface area (TPSA) is 20.3 Å². The van der Waals surface area contributed by atoms with Gasteiger partial charge >= 0.3 is 0 Å². The van der Waals surface area contributed by atoms with E-state index < -0.39 is 0 Å². The van der Waals surface area contributed by atoms with E-state index in [2.05, 4.69) is 72.5 Å². The molecule has 1 saturated carbocycles. The molecule has 0 aromatic heterocycles. The van der Waals surface area contributed by atoms with Crippen LogP contribution < -0.4 is 0 Å². The Bertz CT molecular complexity index is 1030. The van der Waals surface area contributed by atoms with Gasteiger partial charge in [-0.15, -0.1) is 0 Å². The Balaban J connectivity index is 1.59. The van der Waals surface area contributed by atoms with Gasteiger partial charge in [-0.2, -0.15) is 0 Å². The van der Waals surface area contributed by atoms with Gasteiger partial charge in [0.15, 0.2) is 5.78 Å². The molecule has 1 aliphatic heterocycles. The van der Waals surface area contributed by atoms with Crippen LogP contribution in [-0.4, -0.2) is 23.3 Å². The average molecular weight is 438 g/mol. The minimum atomic E-state index is -0.0355. The minimum Gasteiger partial charge on any atom is -0.294 e. The Morgan fingerprint density at radius 2 is 1.27 bits per heavy atom. The van der Waals surface area contributed by atoms with Crippen molar-refractivity contribution in [3.8, 4) is 0 Å². The Morgan fingerprint density at radius 1 is 0.727 bits per heavy atom. The number of carbonyl (C=O) groups is 1. The fraction of sp³-hybridized carbons (Fsp3) is 0.387. The van der Waals surface area contributed by atoms with Gasteiger partial charge in [0.2, 0.25) is 0 Å². The molecule has 2 fully saturated rings. The molecule has 0 amide bonds. The first kappa shape index (κ1) is 22.1. The van der Waals surface area contributed by atoms with E-state index in [9.17, 15) is 4.79 Å². The number of hydrogen-bond acceptors (Lipinski definition) is 2. The van der Waals surface area contributed by atoms with Crippen molar-refractivity contribution in [3.05, 3.63) is 108 Å². The number of carbonyl (C=O) groups excluding carboxylic acids is 1. The van der Waals surface area contributed by atoms with Crippen molar-refractivity contribution < 1.29 is 4.79 Å². The first-order valence-corrected chi connectivity index (χ1v) is 12.7. The summed E-state index contributed by atoms with van der Waals surface area (Å²) in [5.74, 6) is 0.794. The fourth-order valence-electron chi connectivity index (χ4n) is 6.53. The van der Waals surface area contributed by atoms with Crippen molar-refractivity contribution in [2.24, 2.45) is 11.8 Å². The average Bonchev–Trinajstić information content (AvgIpc) is 2.89. The highest BCUT2D eigenvalue weighted by molar-refractivity contribution is 5.98. The molecule has 0 radical (unpaired) electrons. The maximum Gasteiger partial charge on any atom is 0.167 e. The molecule has 2 heteroatoms. The summed E-state index contributed by atoms with van der Waals surface area (Å²) in [4.78, 5) is 16.7. The standard InChI is InChI=1S/C31H35NO/c1-23-29(24-14-6-2-7-15-24)28(31(33)26-18-10-4-11-19-26)22-32(27-20-12-5-13-21-27)30(23)25-16-8-3-9-17-25/h2-4,6-11,14-19,23,27-30H,5,12-13,20-22H2,1H3/t23-,28-,29-,30-/m1/s1. The van der Waals surface area contributed by atoms with Crippen LogP contribution in [0, 0.1) is 11.8 Å². The summed E-state index contributed by atoms with van der Waals surface area (Å²) < 4.78 is 0. The molecular formula is C31H35NO. The third-order valence-electron chi connectivity index (χ3n) is 8.03. The van der Waals surface area contributed by atoms with E-state index in [-0.39, 0.29) is 11.8 Å². The first-order chi connectivity index (χ1) is 16.2. The van der Waals surface area contributed by atoms with Gasteiger partial charge in [-0.25, -0.2) is 0 Å². The van der Waals surface area contributed by atoms with Gasteiger partial charge in [-0.3, -0.25) is 9.69 Å².